The van der Waals surface area contributed by atoms with Gasteiger partial charge in [-0.25, -0.2) is 4.98 Å². The normalized spacial score (nSPS) is 15.4. The van der Waals surface area contributed by atoms with E-state index in [1.54, 1.807) is 18.2 Å². The van der Waals surface area contributed by atoms with Crippen LogP contribution in [0, 0.1) is 19.8 Å². The van der Waals surface area contributed by atoms with E-state index in [-0.39, 0.29) is 5.91 Å². The Morgan fingerprint density at radius 1 is 1.11 bits per heavy atom. The molecule has 146 valence electrons. The lowest BCUT2D eigenvalue weighted by Crippen LogP contribution is -2.39. The van der Waals surface area contributed by atoms with E-state index in [1.165, 1.54) is 16.6 Å². The molecule has 1 aliphatic rings. The Morgan fingerprint density at radius 3 is 2.54 bits per heavy atom. The molecule has 2 aromatic carbocycles. The molecular weight excluding hydrogens is 393 g/mol. The lowest BCUT2D eigenvalue weighted by atomic mass is 9.96. The largest absolute Gasteiger partial charge is 0.339 e. The van der Waals surface area contributed by atoms with Gasteiger partial charge in [-0.15, -0.1) is 0 Å². The number of halogens is 2. The van der Waals surface area contributed by atoms with Crippen LogP contribution in [0.3, 0.4) is 0 Å². The van der Waals surface area contributed by atoms with Crippen molar-refractivity contribution in [1.29, 1.82) is 0 Å². The number of likely N-dealkylation sites (tertiary alicyclic amines) is 1. The first kappa shape index (κ1) is 19.3. The van der Waals surface area contributed by atoms with Crippen LogP contribution < -0.4 is 0 Å². The van der Waals surface area contributed by atoms with Gasteiger partial charge in [-0.05, 0) is 74.1 Å². The summed E-state index contributed by atoms with van der Waals surface area (Å²) in [5.74, 6) is 0.517. The summed E-state index contributed by atoms with van der Waals surface area (Å²) < 4.78 is 2.25. The number of benzene rings is 2. The Balaban J connectivity index is 1.42. The molecule has 0 bridgehead atoms. The van der Waals surface area contributed by atoms with Crippen LogP contribution in [-0.2, 0) is 6.54 Å². The molecular formula is C22H23Cl2N3O. The van der Waals surface area contributed by atoms with Gasteiger partial charge >= 0.3 is 0 Å². The number of aromatic nitrogens is 2. The maximum Gasteiger partial charge on any atom is 0.255 e. The summed E-state index contributed by atoms with van der Waals surface area (Å²) in [6.07, 6.45) is 3.89. The summed E-state index contributed by atoms with van der Waals surface area (Å²) in [5.41, 5.74) is 5.32. The molecule has 4 nitrogen and oxygen atoms in total. The number of fused-ring (bicyclic) bond motifs is 1. The van der Waals surface area contributed by atoms with E-state index in [2.05, 4.69) is 35.5 Å². The van der Waals surface area contributed by atoms with Crippen molar-refractivity contribution in [3.63, 3.8) is 0 Å². The second-order valence-corrected chi connectivity index (χ2v) is 8.53. The summed E-state index contributed by atoms with van der Waals surface area (Å²) in [5, 5.41) is 0.952. The number of piperidine rings is 1. The van der Waals surface area contributed by atoms with Crippen molar-refractivity contribution in [3.05, 3.63) is 63.4 Å². The third-order valence-corrected chi connectivity index (χ3v) is 6.30. The molecule has 1 fully saturated rings. The highest BCUT2D eigenvalue weighted by Gasteiger charge is 2.25. The molecule has 1 saturated heterocycles. The monoisotopic (exact) mass is 415 g/mol. The minimum absolute atomic E-state index is 0.0145. The van der Waals surface area contributed by atoms with E-state index < -0.39 is 0 Å². The van der Waals surface area contributed by atoms with E-state index in [0.717, 1.165) is 38.0 Å². The highest BCUT2D eigenvalue weighted by Crippen LogP contribution is 2.27. The maximum absolute atomic E-state index is 12.8. The molecule has 6 heteroatoms. The maximum atomic E-state index is 12.8. The predicted molar refractivity (Wildman–Crippen MR) is 114 cm³/mol. The lowest BCUT2D eigenvalue weighted by molar-refractivity contribution is 0.0683. The van der Waals surface area contributed by atoms with Crippen molar-refractivity contribution in [1.82, 2.24) is 14.5 Å². The van der Waals surface area contributed by atoms with Gasteiger partial charge in [0.2, 0.25) is 0 Å². The van der Waals surface area contributed by atoms with Gasteiger partial charge in [-0.1, -0.05) is 23.2 Å². The number of imidazole rings is 1. The zero-order valence-corrected chi connectivity index (χ0v) is 17.6. The van der Waals surface area contributed by atoms with Gasteiger partial charge in [0.15, 0.2) is 0 Å². The number of carbonyl (C=O) groups excluding carboxylic acids is 1. The van der Waals surface area contributed by atoms with Crippen LogP contribution in [0.25, 0.3) is 11.0 Å². The molecule has 0 aliphatic carbocycles. The Morgan fingerprint density at radius 2 is 1.82 bits per heavy atom. The molecule has 1 aliphatic heterocycles. The van der Waals surface area contributed by atoms with Gasteiger partial charge in [0.05, 0.1) is 27.9 Å². The fourth-order valence-corrected chi connectivity index (χ4v) is 4.38. The van der Waals surface area contributed by atoms with Crippen molar-refractivity contribution >= 4 is 40.1 Å². The smallest absolute Gasteiger partial charge is 0.255 e. The fourth-order valence-electron chi connectivity index (χ4n) is 3.89. The number of amides is 1. The molecule has 28 heavy (non-hydrogen) atoms. The first-order valence-electron chi connectivity index (χ1n) is 9.59. The van der Waals surface area contributed by atoms with Crippen LogP contribution >= 0.6 is 23.2 Å². The Hall–Kier alpha value is -2.04. The van der Waals surface area contributed by atoms with Gasteiger partial charge in [0.25, 0.3) is 5.91 Å². The lowest BCUT2D eigenvalue weighted by Gasteiger charge is -2.32. The van der Waals surface area contributed by atoms with Crippen molar-refractivity contribution in [3.8, 4) is 0 Å². The van der Waals surface area contributed by atoms with E-state index in [0.29, 0.717) is 21.5 Å². The van der Waals surface area contributed by atoms with Crippen molar-refractivity contribution in [2.75, 3.05) is 13.1 Å². The summed E-state index contributed by atoms with van der Waals surface area (Å²) >= 11 is 12.1. The van der Waals surface area contributed by atoms with Gasteiger partial charge < -0.3 is 9.47 Å². The van der Waals surface area contributed by atoms with Crippen molar-refractivity contribution in [2.24, 2.45) is 5.92 Å². The zero-order chi connectivity index (χ0) is 19.8. The molecule has 3 aromatic rings. The second-order valence-electron chi connectivity index (χ2n) is 7.68. The molecule has 0 saturated carbocycles. The molecule has 1 amide bonds. The minimum atomic E-state index is -0.0145. The number of aryl methyl sites for hydroxylation is 2. The molecule has 0 unspecified atom stereocenters. The fraction of sp³-hybridized carbons (Fsp3) is 0.364. The third kappa shape index (κ3) is 3.76. The number of carbonyl (C=O) groups is 1. The van der Waals surface area contributed by atoms with Gasteiger partial charge in [0.1, 0.15) is 0 Å². The molecule has 0 N–H and O–H groups in total. The molecule has 1 aromatic heterocycles. The van der Waals surface area contributed by atoms with Crippen molar-refractivity contribution < 1.29 is 4.79 Å². The Kier molecular flexibility index (Phi) is 5.35. The highest BCUT2D eigenvalue weighted by atomic mass is 35.5. The predicted octanol–water partition coefficient (Wildman–Crippen LogP) is 5.51. The highest BCUT2D eigenvalue weighted by molar-refractivity contribution is 6.36. The first-order valence-corrected chi connectivity index (χ1v) is 10.3. The third-order valence-electron chi connectivity index (χ3n) is 5.75. The topological polar surface area (TPSA) is 38.1 Å². The average molecular weight is 416 g/mol. The molecule has 0 atom stereocenters. The van der Waals surface area contributed by atoms with Crippen LogP contribution in [0.15, 0.2) is 36.7 Å². The second kappa shape index (κ2) is 7.76. The molecule has 4 rings (SSSR count). The van der Waals surface area contributed by atoms with Crippen LogP contribution in [0.4, 0.5) is 0 Å². The number of nitrogens with zero attached hydrogens (tertiary/aromatic N) is 3. The Bertz CT molecular complexity index is 1040. The Labute approximate surface area is 175 Å². The van der Waals surface area contributed by atoms with E-state index in [4.69, 9.17) is 23.2 Å². The zero-order valence-electron chi connectivity index (χ0n) is 16.1. The van der Waals surface area contributed by atoms with Crippen molar-refractivity contribution in [2.45, 2.75) is 33.2 Å². The van der Waals surface area contributed by atoms with Crippen LogP contribution in [0.1, 0.15) is 34.3 Å². The molecule has 0 spiro atoms. The van der Waals surface area contributed by atoms with E-state index >= 15 is 0 Å². The summed E-state index contributed by atoms with van der Waals surface area (Å²) in [4.78, 5) is 19.2. The van der Waals surface area contributed by atoms with E-state index in [1.807, 2.05) is 11.2 Å². The minimum Gasteiger partial charge on any atom is -0.339 e. The average Bonchev–Trinajstić information content (AvgIpc) is 3.04. The van der Waals surface area contributed by atoms with Crippen LogP contribution in [0.5, 0.6) is 0 Å². The SMILES string of the molecule is Cc1cc2ncn(CC3CCN(C(=O)c4ccc(Cl)cc4Cl)CC3)c2cc1C. The summed E-state index contributed by atoms with van der Waals surface area (Å²) in [7, 11) is 0. The standard InChI is InChI=1S/C22H23Cl2N3O/c1-14-9-20-21(10-15(14)2)27(13-25-20)12-16-5-7-26(8-6-16)22(28)18-4-3-17(23)11-19(18)24/h3-4,9-11,13,16H,5-8,12H2,1-2H3. The molecule has 2 heterocycles. The molecule has 0 radical (unpaired) electrons. The first-order chi connectivity index (χ1) is 13.4. The van der Waals surface area contributed by atoms with E-state index in [9.17, 15) is 4.79 Å². The quantitative estimate of drug-likeness (QED) is 0.565. The summed E-state index contributed by atoms with van der Waals surface area (Å²) in [6, 6.07) is 9.41. The van der Waals surface area contributed by atoms with Crippen LogP contribution in [-0.4, -0.2) is 33.4 Å². The summed E-state index contributed by atoms with van der Waals surface area (Å²) in [6.45, 7) is 6.68. The number of hydrogen-bond acceptors (Lipinski definition) is 2. The van der Waals surface area contributed by atoms with Gasteiger partial charge in [-0.3, -0.25) is 4.79 Å². The number of rotatable bonds is 3. The van der Waals surface area contributed by atoms with Crippen LogP contribution in [0.2, 0.25) is 10.0 Å². The van der Waals surface area contributed by atoms with Gasteiger partial charge in [-0.2, -0.15) is 0 Å². The number of hydrogen-bond donors (Lipinski definition) is 0. The van der Waals surface area contributed by atoms with Gasteiger partial charge in [0, 0.05) is 24.7 Å².